The Balaban J connectivity index is 2.13. The highest BCUT2D eigenvalue weighted by Gasteiger charge is 2.46. The van der Waals surface area contributed by atoms with Crippen LogP contribution >= 0.6 is 12.2 Å². The number of hydrogen-bond donors (Lipinski definition) is 2. The van der Waals surface area contributed by atoms with Crippen molar-refractivity contribution in [1.29, 1.82) is 0 Å². The Labute approximate surface area is 102 Å². The summed E-state index contributed by atoms with van der Waals surface area (Å²) in [7, 11) is 0. The summed E-state index contributed by atoms with van der Waals surface area (Å²) >= 11 is 5.13. The molecule has 3 N–H and O–H groups in total. The molecule has 0 aromatic heterocycles. The molecule has 0 unspecified atom stereocenters. The lowest BCUT2D eigenvalue weighted by molar-refractivity contribution is -0.138. The number of carbonyl (C=O) groups is 1. The number of thiocarbonyl (C=S) groups is 1. The van der Waals surface area contributed by atoms with Gasteiger partial charge in [-0.2, -0.15) is 0 Å². The topological polar surface area (TPSA) is 58.4 Å². The third-order valence-corrected chi connectivity index (χ3v) is 4.13. The predicted octanol–water partition coefficient (Wildman–Crippen LogP) is 0.265. The van der Waals surface area contributed by atoms with Crippen LogP contribution in [0.5, 0.6) is 0 Å². The molecule has 16 heavy (non-hydrogen) atoms. The summed E-state index contributed by atoms with van der Waals surface area (Å²) in [5.41, 5.74) is 5.29. The van der Waals surface area contributed by atoms with Gasteiger partial charge in [0.2, 0.25) is 5.91 Å². The lowest BCUT2D eigenvalue weighted by Crippen LogP contribution is -2.54. The Morgan fingerprint density at radius 1 is 1.25 bits per heavy atom. The molecule has 0 bridgehead atoms. The Bertz CT molecular complexity index is 294. The van der Waals surface area contributed by atoms with Gasteiger partial charge >= 0.3 is 0 Å². The van der Waals surface area contributed by atoms with Crippen LogP contribution in [-0.4, -0.2) is 42.0 Å². The summed E-state index contributed by atoms with van der Waals surface area (Å²) in [5.74, 6) is 0.166. The van der Waals surface area contributed by atoms with Crippen molar-refractivity contribution in [3.8, 4) is 0 Å². The minimum absolute atomic E-state index is 0.166. The maximum atomic E-state index is 12.5. The van der Waals surface area contributed by atoms with Gasteiger partial charge in [-0.1, -0.05) is 25.1 Å². The van der Waals surface area contributed by atoms with E-state index in [2.05, 4.69) is 5.32 Å². The number of hydrogen-bond acceptors (Lipinski definition) is 3. The van der Waals surface area contributed by atoms with Crippen LogP contribution in [0.4, 0.5) is 0 Å². The Morgan fingerprint density at radius 3 is 2.31 bits per heavy atom. The molecule has 90 valence electrons. The van der Waals surface area contributed by atoms with Crippen molar-refractivity contribution in [2.24, 2.45) is 11.1 Å². The number of amides is 1. The molecule has 0 spiro atoms. The first-order valence-corrected chi connectivity index (χ1v) is 6.38. The van der Waals surface area contributed by atoms with Crippen molar-refractivity contribution < 1.29 is 4.79 Å². The molecule has 1 saturated heterocycles. The molecule has 2 aliphatic rings. The standard InChI is InChI=1S/C11H19N3OS/c12-9(16)11(3-1-2-4-11)10(15)14-7-5-13-6-8-14/h13H,1-8H2,(H2,12,16). The van der Waals surface area contributed by atoms with Crippen LogP contribution in [0.1, 0.15) is 25.7 Å². The van der Waals surface area contributed by atoms with Crippen LogP contribution < -0.4 is 11.1 Å². The SMILES string of the molecule is NC(=S)C1(C(=O)N2CCNCC2)CCCC1. The number of nitrogens with two attached hydrogens (primary N) is 1. The molecule has 1 aliphatic carbocycles. The van der Waals surface area contributed by atoms with Crippen molar-refractivity contribution in [3.63, 3.8) is 0 Å². The first-order chi connectivity index (χ1) is 7.67. The van der Waals surface area contributed by atoms with Crippen LogP contribution in [0, 0.1) is 5.41 Å². The molecule has 0 aromatic carbocycles. The molecule has 0 atom stereocenters. The Hall–Kier alpha value is -0.680. The maximum absolute atomic E-state index is 12.5. The van der Waals surface area contributed by atoms with E-state index in [1.54, 1.807) is 0 Å². The molecule has 1 saturated carbocycles. The van der Waals surface area contributed by atoms with Gasteiger partial charge in [-0.05, 0) is 12.8 Å². The van der Waals surface area contributed by atoms with Gasteiger partial charge in [0.25, 0.3) is 0 Å². The Kier molecular flexibility index (Phi) is 3.44. The van der Waals surface area contributed by atoms with Gasteiger partial charge in [0.05, 0.1) is 10.4 Å². The molecule has 2 rings (SSSR count). The van der Waals surface area contributed by atoms with Crippen LogP contribution in [-0.2, 0) is 4.79 Å². The van der Waals surface area contributed by atoms with Crippen LogP contribution in [0.2, 0.25) is 0 Å². The zero-order valence-electron chi connectivity index (χ0n) is 9.50. The van der Waals surface area contributed by atoms with Crippen molar-refractivity contribution in [3.05, 3.63) is 0 Å². The first kappa shape index (κ1) is 11.8. The number of rotatable bonds is 2. The quantitative estimate of drug-likeness (QED) is 0.681. The molecule has 1 aliphatic heterocycles. The van der Waals surface area contributed by atoms with Crippen molar-refractivity contribution in [1.82, 2.24) is 10.2 Å². The average Bonchev–Trinajstić information content (AvgIpc) is 2.79. The molecule has 1 heterocycles. The molecule has 5 heteroatoms. The minimum Gasteiger partial charge on any atom is -0.392 e. The second-order valence-electron chi connectivity index (χ2n) is 4.70. The maximum Gasteiger partial charge on any atom is 0.235 e. The van der Waals surface area contributed by atoms with E-state index in [9.17, 15) is 4.79 Å². The lowest BCUT2D eigenvalue weighted by atomic mass is 9.84. The molecular weight excluding hydrogens is 222 g/mol. The lowest BCUT2D eigenvalue weighted by Gasteiger charge is -2.36. The van der Waals surface area contributed by atoms with E-state index >= 15 is 0 Å². The number of nitrogens with zero attached hydrogens (tertiary/aromatic N) is 1. The first-order valence-electron chi connectivity index (χ1n) is 5.97. The van der Waals surface area contributed by atoms with E-state index in [1.807, 2.05) is 4.90 Å². The van der Waals surface area contributed by atoms with Crippen molar-refractivity contribution in [2.45, 2.75) is 25.7 Å². The van der Waals surface area contributed by atoms with Gasteiger partial charge < -0.3 is 16.0 Å². The van der Waals surface area contributed by atoms with Crippen LogP contribution in [0.15, 0.2) is 0 Å². The van der Waals surface area contributed by atoms with Crippen molar-refractivity contribution >= 4 is 23.1 Å². The van der Waals surface area contributed by atoms with Gasteiger partial charge in [0.15, 0.2) is 0 Å². The van der Waals surface area contributed by atoms with E-state index in [4.69, 9.17) is 18.0 Å². The summed E-state index contributed by atoms with van der Waals surface area (Å²) in [6, 6.07) is 0. The molecular formula is C11H19N3OS. The molecule has 1 amide bonds. The van der Waals surface area contributed by atoms with E-state index in [0.29, 0.717) is 4.99 Å². The zero-order valence-corrected chi connectivity index (χ0v) is 10.3. The molecule has 4 nitrogen and oxygen atoms in total. The van der Waals surface area contributed by atoms with Gasteiger partial charge in [0.1, 0.15) is 0 Å². The second-order valence-corrected chi connectivity index (χ2v) is 5.14. The van der Waals surface area contributed by atoms with Crippen molar-refractivity contribution in [2.75, 3.05) is 26.2 Å². The van der Waals surface area contributed by atoms with Crippen LogP contribution in [0.3, 0.4) is 0 Å². The minimum atomic E-state index is -0.521. The largest absolute Gasteiger partial charge is 0.392 e. The normalized spacial score (nSPS) is 24.4. The van der Waals surface area contributed by atoms with Gasteiger partial charge in [-0.25, -0.2) is 0 Å². The molecule has 0 radical (unpaired) electrons. The van der Waals surface area contributed by atoms with Crippen LogP contribution in [0.25, 0.3) is 0 Å². The number of nitrogens with one attached hydrogen (secondary N) is 1. The second kappa shape index (κ2) is 4.67. The zero-order chi connectivity index (χ0) is 11.6. The summed E-state index contributed by atoms with van der Waals surface area (Å²) in [6.07, 6.45) is 3.81. The van der Waals surface area contributed by atoms with E-state index in [1.165, 1.54) is 0 Å². The fourth-order valence-corrected chi connectivity index (χ4v) is 3.01. The fraction of sp³-hybridized carbons (Fsp3) is 0.818. The fourth-order valence-electron chi connectivity index (χ4n) is 2.71. The highest BCUT2D eigenvalue weighted by atomic mass is 32.1. The number of piperazine rings is 1. The highest BCUT2D eigenvalue weighted by Crippen LogP contribution is 2.40. The smallest absolute Gasteiger partial charge is 0.235 e. The Morgan fingerprint density at radius 2 is 1.81 bits per heavy atom. The number of carbonyl (C=O) groups excluding carboxylic acids is 1. The summed E-state index contributed by atoms with van der Waals surface area (Å²) in [4.78, 5) is 14.8. The van der Waals surface area contributed by atoms with Gasteiger partial charge in [-0.3, -0.25) is 4.79 Å². The van der Waals surface area contributed by atoms with E-state index in [-0.39, 0.29) is 5.91 Å². The average molecular weight is 241 g/mol. The summed E-state index contributed by atoms with van der Waals surface area (Å²) in [5, 5.41) is 3.24. The summed E-state index contributed by atoms with van der Waals surface area (Å²) in [6.45, 7) is 3.31. The van der Waals surface area contributed by atoms with Gasteiger partial charge in [0, 0.05) is 26.2 Å². The third kappa shape index (κ3) is 1.94. The third-order valence-electron chi connectivity index (χ3n) is 3.74. The van der Waals surface area contributed by atoms with E-state index < -0.39 is 5.41 Å². The molecule has 0 aromatic rings. The highest BCUT2D eigenvalue weighted by molar-refractivity contribution is 7.80. The summed E-state index contributed by atoms with van der Waals surface area (Å²) < 4.78 is 0. The molecule has 2 fully saturated rings. The predicted molar refractivity (Wildman–Crippen MR) is 67.1 cm³/mol. The van der Waals surface area contributed by atoms with E-state index in [0.717, 1.165) is 51.9 Å². The monoisotopic (exact) mass is 241 g/mol. The van der Waals surface area contributed by atoms with Gasteiger partial charge in [-0.15, -0.1) is 0 Å².